The molecule has 0 radical (unpaired) electrons. The number of benzene rings is 2. The summed E-state index contributed by atoms with van der Waals surface area (Å²) in [6.45, 7) is 2.51. The molecule has 0 aliphatic rings. The molecular weight excluding hydrogens is 508 g/mol. The van der Waals surface area contributed by atoms with Crippen molar-refractivity contribution in [3.8, 4) is 11.1 Å². The number of aromatic nitrogens is 3. The monoisotopic (exact) mass is 536 g/mol. The summed E-state index contributed by atoms with van der Waals surface area (Å²) in [6, 6.07) is 23.6. The lowest BCUT2D eigenvalue weighted by Gasteiger charge is -2.15. The van der Waals surface area contributed by atoms with Gasteiger partial charge in [-0.25, -0.2) is 9.78 Å². The Morgan fingerprint density at radius 3 is 2.40 bits per heavy atom. The van der Waals surface area contributed by atoms with Crippen molar-refractivity contribution in [2.75, 3.05) is 20.3 Å². The van der Waals surface area contributed by atoms with E-state index in [0.717, 1.165) is 11.1 Å². The highest BCUT2D eigenvalue weighted by atomic mass is 16.5. The number of methoxy groups -OCH3 is 1. The van der Waals surface area contributed by atoms with Gasteiger partial charge in [0.05, 0.1) is 12.0 Å². The van der Waals surface area contributed by atoms with E-state index in [1.807, 2.05) is 42.5 Å². The lowest BCUT2D eigenvalue weighted by Crippen LogP contribution is -2.33. The Balaban J connectivity index is 1.72. The number of carbonyl (C=O) groups excluding carboxylic acids is 2. The zero-order chi connectivity index (χ0) is 28.1. The summed E-state index contributed by atoms with van der Waals surface area (Å²) in [7, 11) is 1.59. The van der Waals surface area contributed by atoms with Gasteiger partial charge in [0.25, 0.3) is 11.5 Å². The molecule has 40 heavy (non-hydrogen) atoms. The van der Waals surface area contributed by atoms with Gasteiger partial charge in [-0.3, -0.25) is 14.0 Å². The van der Waals surface area contributed by atoms with Gasteiger partial charge in [0.15, 0.2) is 5.49 Å². The van der Waals surface area contributed by atoms with Crippen LogP contribution in [-0.4, -0.2) is 46.2 Å². The normalized spacial score (nSPS) is 11.7. The smallest absolute Gasteiger partial charge is 0.341 e. The molecule has 0 bridgehead atoms. The average Bonchev–Trinajstić information content (AvgIpc) is 2.99. The quantitative estimate of drug-likeness (QED) is 0.167. The third-order valence-electron chi connectivity index (χ3n) is 6.46. The fourth-order valence-corrected chi connectivity index (χ4v) is 4.53. The second-order valence-corrected chi connectivity index (χ2v) is 9.04. The Labute approximate surface area is 230 Å². The minimum atomic E-state index is -0.687. The van der Waals surface area contributed by atoms with Crippen molar-refractivity contribution < 1.29 is 19.1 Å². The van der Waals surface area contributed by atoms with Crippen LogP contribution >= 0.6 is 0 Å². The summed E-state index contributed by atoms with van der Waals surface area (Å²) in [5, 5.41) is 0.211. The van der Waals surface area contributed by atoms with E-state index in [2.05, 4.69) is 4.99 Å². The molecule has 0 saturated carbocycles. The number of pyridine rings is 2. The number of ether oxygens (including phenoxy) is 2. The van der Waals surface area contributed by atoms with Gasteiger partial charge in [0, 0.05) is 32.0 Å². The van der Waals surface area contributed by atoms with E-state index in [0.29, 0.717) is 36.4 Å². The lowest BCUT2D eigenvalue weighted by molar-refractivity contribution is 0.0523. The fourth-order valence-electron chi connectivity index (χ4n) is 4.53. The SMILES string of the molecule is CCOC(=O)c1cc2c(=O)n3ccccc3nc2n(CCCOC)c1=NC(=O)c1ccc(-c2ccccc2)cc1. The van der Waals surface area contributed by atoms with Gasteiger partial charge in [0.1, 0.15) is 16.9 Å². The summed E-state index contributed by atoms with van der Waals surface area (Å²) in [6.07, 6.45) is 2.14. The van der Waals surface area contributed by atoms with E-state index in [9.17, 15) is 14.4 Å². The molecule has 0 spiro atoms. The summed E-state index contributed by atoms with van der Waals surface area (Å²) >= 11 is 0. The predicted octanol–water partition coefficient (Wildman–Crippen LogP) is 4.27. The summed E-state index contributed by atoms with van der Waals surface area (Å²) in [5.74, 6) is -1.23. The topological polar surface area (TPSA) is 104 Å². The maximum atomic E-state index is 13.4. The number of nitrogens with zero attached hydrogens (tertiary/aromatic N) is 4. The number of fused-ring (bicyclic) bond motifs is 2. The van der Waals surface area contributed by atoms with Crippen LogP contribution in [0.1, 0.15) is 34.1 Å². The molecule has 2 aromatic carbocycles. The Morgan fingerprint density at radius 1 is 0.950 bits per heavy atom. The molecule has 0 aliphatic heterocycles. The third-order valence-corrected chi connectivity index (χ3v) is 6.46. The van der Waals surface area contributed by atoms with Gasteiger partial charge in [-0.05, 0) is 54.8 Å². The highest BCUT2D eigenvalue weighted by Gasteiger charge is 2.20. The molecule has 0 saturated heterocycles. The van der Waals surface area contributed by atoms with Gasteiger partial charge in [0.2, 0.25) is 0 Å². The van der Waals surface area contributed by atoms with Crippen LogP contribution in [0.15, 0.2) is 94.8 Å². The zero-order valence-corrected chi connectivity index (χ0v) is 22.2. The van der Waals surface area contributed by atoms with Crippen molar-refractivity contribution in [2.24, 2.45) is 4.99 Å². The van der Waals surface area contributed by atoms with E-state index in [1.54, 1.807) is 55.1 Å². The molecule has 9 nitrogen and oxygen atoms in total. The standard InChI is InChI=1S/C31H28N4O5/c1-3-40-31(38)25-20-24-27(32-26-12-7-8-17-34(26)30(24)37)35(18-9-19-39-2)28(25)33-29(36)23-15-13-22(14-16-23)21-10-5-4-6-11-21/h4-8,10-17,20H,3,9,18-19H2,1-2H3. The Hall–Kier alpha value is -4.89. The van der Waals surface area contributed by atoms with Crippen molar-refractivity contribution in [3.05, 3.63) is 112 Å². The largest absolute Gasteiger partial charge is 0.462 e. The van der Waals surface area contributed by atoms with Crippen LogP contribution in [0.4, 0.5) is 0 Å². The van der Waals surface area contributed by atoms with Crippen molar-refractivity contribution in [1.29, 1.82) is 0 Å². The number of rotatable bonds is 8. The van der Waals surface area contributed by atoms with E-state index in [-0.39, 0.29) is 28.6 Å². The van der Waals surface area contributed by atoms with E-state index in [4.69, 9.17) is 14.5 Å². The molecule has 0 N–H and O–H groups in total. The van der Waals surface area contributed by atoms with Gasteiger partial charge in [-0.15, -0.1) is 0 Å². The van der Waals surface area contributed by atoms with Crippen LogP contribution in [0.5, 0.6) is 0 Å². The number of amides is 1. The second kappa shape index (κ2) is 11.9. The zero-order valence-electron chi connectivity index (χ0n) is 22.2. The molecule has 9 heteroatoms. The molecule has 1 amide bonds. The van der Waals surface area contributed by atoms with Crippen molar-refractivity contribution >= 4 is 28.6 Å². The first-order chi connectivity index (χ1) is 19.5. The van der Waals surface area contributed by atoms with Crippen molar-refractivity contribution in [1.82, 2.24) is 14.0 Å². The molecular formula is C31H28N4O5. The highest BCUT2D eigenvalue weighted by Crippen LogP contribution is 2.20. The summed E-state index contributed by atoms with van der Waals surface area (Å²) in [5.41, 5.74) is 2.82. The number of esters is 1. The van der Waals surface area contributed by atoms with Crippen molar-refractivity contribution in [2.45, 2.75) is 19.9 Å². The van der Waals surface area contributed by atoms with Gasteiger partial charge >= 0.3 is 5.97 Å². The Bertz CT molecular complexity index is 1820. The third kappa shape index (κ3) is 5.32. The fraction of sp³-hybridized carbons (Fsp3) is 0.194. The van der Waals surface area contributed by atoms with Crippen LogP contribution in [0.25, 0.3) is 27.8 Å². The van der Waals surface area contributed by atoms with Gasteiger partial charge in [-0.2, -0.15) is 4.99 Å². The number of aryl methyl sites for hydroxylation is 1. The minimum Gasteiger partial charge on any atom is -0.462 e. The lowest BCUT2D eigenvalue weighted by atomic mass is 10.0. The molecule has 5 rings (SSSR count). The molecule has 5 aromatic rings. The van der Waals surface area contributed by atoms with E-state index in [1.165, 1.54) is 10.5 Å². The number of carbonyl (C=O) groups is 2. The number of hydrogen-bond acceptors (Lipinski definition) is 6. The maximum Gasteiger partial charge on any atom is 0.341 e. The second-order valence-electron chi connectivity index (χ2n) is 9.04. The van der Waals surface area contributed by atoms with Crippen molar-refractivity contribution in [3.63, 3.8) is 0 Å². The van der Waals surface area contributed by atoms with Crippen LogP contribution in [0.3, 0.4) is 0 Å². The molecule has 202 valence electrons. The van der Waals surface area contributed by atoms with Crippen LogP contribution in [-0.2, 0) is 16.0 Å². The van der Waals surface area contributed by atoms with Gasteiger partial charge < -0.3 is 14.0 Å². The minimum absolute atomic E-state index is 0.0100. The Kier molecular flexibility index (Phi) is 7.93. The Morgan fingerprint density at radius 2 is 1.68 bits per heavy atom. The highest BCUT2D eigenvalue weighted by molar-refractivity contribution is 5.97. The molecule has 3 heterocycles. The molecule has 0 aliphatic carbocycles. The summed E-state index contributed by atoms with van der Waals surface area (Å²) in [4.78, 5) is 49.1. The first kappa shape index (κ1) is 26.7. The van der Waals surface area contributed by atoms with E-state index < -0.39 is 11.9 Å². The molecule has 0 atom stereocenters. The van der Waals surface area contributed by atoms with Crippen LogP contribution < -0.4 is 11.0 Å². The molecule has 0 fully saturated rings. The molecule has 0 unspecified atom stereocenters. The molecule has 3 aromatic heterocycles. The first-order valence-electron chi connectivity index (χ1n) is 13.0. The van der Waals surface area contributed by atoms with Crippen LogP contribution in [0.2, 0.25) is 0 Å². The first-order valence-corrected chi connectivity index (χ1v) is 13.0. The number of hydrogen-bond donors (Lipinski definition) is 0. The van der Waals surface area contributed by atoms with Gasteiger partial charge in [-0.1, -0.05) is 48.5 Å². The summed E-state index contributed by atoms with van der Waals surface area (Å²) < 4.78 is 13.6. The maximum absolute atomic E-state index is 13.4. The average molecular weight is 537 g/mol. The predicted molar refractivity (Wildman–Crippen MR) is 151 cm³/mol. The van der Waals surface area contributed by atoms with E-state index >= 15 is 0 Å². The van der Waals surface area contributed by atoms with Crippen LogP contribution in [0, 0.1) is 0 Å².